The molecule has 1 aliphatic rings. The van der Waals surface area contributed by atoms with E-state index >= 15 is 0 Å². The molecule has 14 heavy (non-hydrogen) atoms. The minimum absolute atomic E-state index is 0.00574. The molecule has 0 saturated carbocycles. The van der Waals surface area contributed by atoms with Crippen molar-refractivity contribution in [2.75, 3.05) is 13.1 Å². The second-order valence-corrected chi connectivity index (χ2v) is 3.33. The van der Waals surface area contributed by atoms with Crippen molar-refractivity contribution in [1.82, 2.24) is 15.6 Å². The van der Waals surface area contributed by atoms with Crippen LogP contribution < -0.4 is 10.6 Å². The van der Waals surface area contributed by atoms with E-state index < -0.39 is 0 Å². The number of nitrogens with one attached hydrogen (secondary N) is 2. The van der Waals surface area contributed by atoms with Gasteiger partial charge >= 0.3 is 0 Å². The fraction of sp³-hybridized carbons (Fsp3) is 0.400. The molecule has 1 aromatic rings. The molecule has 2 N–H and O–H groups in total. The highest BCUT2D eigenvalue weighted by molar-refractivity contribution is 5.76. The van der Waals surface area contributed by atoms with Crippen LogP contribution in [0.5, 0.6) is 0 Å². The summed E-state index contributed by atoms with van der Waals surface area (Å²) < 4.78 is 0. The van der Waals surface area contributed by atoms with E-state index in [1.54, 1.807) is 6.20 Å². The Balaban J connectivity index is 2.13. The molecular formula is C10H13N3O. The molecule has 1 atom stereocenters. The molecule has 4 nitrogen and oxygen atoms in total. The number of rotatable bonds is 1. The first-order chi connectivity index (χ1) is 6.86. The predicted octanol–water partition coefficient (Wildman–Crippen LogP) is 0.232. The topological polar surface area (TPSA) is 54.0 Å². The van der Waals surface area contributed by atoms with Gasteiger partial charge in [0.1, 0.15) is 0 Å². The van der Waals surface area contributed by atoms with Crippen molar-refractivity contribution in [3.05, 3.63) is 30.1 Å². The van der Waals surface area contributed by atoms with Crippen LogP contribution in [-0.2, 0) is 4.79 Å². The van der Waals surface area contributed by atoms with E-state index in [0.717, 1.165) is 18.8 Å². The number of aromatic nitrogens is 1. The second-order valence-electron chi connectivity index (χ2n) is 3.33. The zero-order valence-corrected chi connectivity index (χ0v) is 7.86. The van der Waals surface area contributed by atoms with Gasteiger partial charge in [0, 0.05) is 25.7 Å². The van der Waals surface area contributed by atoms with Crippen LogP contribution in [0.4, 0.5) is 0 Å². The van der Waals surface area contributed by atoms with Crippen LogP contribution in [0.2, 0.25) is 0 Å². The molecule has 4 heteroatoms. The largest absolute Gasteiger partial charge is 0.346 e. The molecule has 1 unspecified atom stereocenters. The molecule has 0 aromatic carbocycles. The summed E-state index contributed by atoms with van der Waals surface area (Å²) in [6, 6.07) is 5.73. The average Bonchev–Trinajstić information content (AvgIpc) is 2.44. The van der Waals surface area contributed by atoms with Crippen LogP contribution in [0.3, 0.4) is 0 Å². The van der Waals surface area contributed by atoms with Gasteiger partial charge in [-0.05, 0) is 12.1 Å². The maximum Gasteiger partial charge on any atom is 0.221 e. The second kappa shape index (κ2) is 4.19. The molecule has 0 bridgehead atoms. The number of nitrogens with zero attached hydrogens (tertiary/aromatic N) is 1. The Kier molecular flexibility index (Phi) is 2.74. The van der Waals surface area contributed by atoms with E-state index in [1.165, 1.54) is 0 Å². The normalized spacial score (nSPS) is 22.6. The first-order valence-corrected chi connectivity index (χ1v) is 4.77. The summed E-state index contributed by atoms with van der Waals surface area (Å²) in [4.78, 5) is 15.5. The smallest absolute Gasteiger partial charge is 0.221 e. The first kappa shape index (κ1) is 9.15. The standard InChI is InChI=1S/C10H13N3O/c14-10-4-6-11-7-9(13-10)8-3-1-2-5-12-8/h1-3,5,9,11H,4,6-7H2,(H,13,14). The SMILES string of the molecule is O=C1CCNCC(c2ccccn2)N1. The lowest BCUT2D eigenvalue weighted by Crippen LogP contribution is -2.30. The molecular weight excluding hydrogens is 178 g/mol. The molecule has 0 aliphatic carbocycles. The van der Waals surface area contributed by atoms with Crippen LogP contribution in [0.25, 0.3) is 0 Å². The summed E-state index contributed by atoms with van der Waals surface area (Å²) >= 11 is 0. The van der Waals surface area contributed by atoms with E-state index in [4.69, 9.17) is 0 Å². The van der Waals surface area contributed by atoms with Gasteiger partial charge in [0.25, 0.3) is 0 Å². The summed E-state index contributed by atoms with van der Waals surface area (Å²) in [6.45, 7) is 1.50. The fourth-order valence-corrected chi connectivity index (χ4v) is 1.53. The lowest BCUT2D eigenvalue weighted by atomic mass is 10.2. The molecule has 1 amide bonds. The fourth-order valence-electron chi connectivity index (χ4n) is 1.53. The summed E-state index contributed by atoms with van der Waals surface area (Å²) in [5.74, 6) is 0.0886. The van der Waals surface area contributed by atoms with Gasteiger partial charge in [-0.1, -0.05) is 6.07 Å². The number of amides is 1. The minimum atomic E-state index is 0.00574. The maximum atomic E-state index is 11.3. The number of carbonyl (C=O) groups excluding carboxylic acids is 1. The summed E-state index contributed by atoms with van der Waals surface area (Å²) in [5.41, 5.74) is 0.912. The van der Waals surface area contributed by atoms with E-state index in [1.807, 2.05) is 18.2 Å². The Morgan fingerprint density at radius 3 is 3.14 bits per heavy atom. The zero-order chi connectivity index (χ0) is 9.80. The Morgan fingerprint density at radius 1 is 1.43 bits per heavy atom. The van der Waals surface area contributed by atoms with E-state index in [-0.39, 0.29) is 11.9 Å². The van der Waals surface area contributed by atoms with E-state index in [9.17, 15) is 4.79 Å². The van der Waals surface area contributed by atoms with Crippen molar-refractivity contribution in [3.63, 3.8) is 0 Å². The van der Waals surface area contributed by atoms with Crippen molar-refractivity contribution in [2.45, 2.75) is 12.5 Å². The molecule has 1 aliphatic heterocycles. The third-order valence-corrected chi connectivity index (χ3v) is 2.26. The summed E-state index contributed by atoms with van der Waals surface area (Å²) in [5, 5.41) is 6.13. The summed E-state index contributed by atoms with van der Waals surface area (Å²) in [6.07, 6.45) is 2.29. The van der Waals surface area contributed by atoms with Gasteiger partial charge in [0.15, 0.2) is 0 Å². The van der Waals surface area contributed by atoms with E-state index in [0.29, 0.717) is 6.42 Å². The van der Waals surface area contributed by atoms with Gasteiger partial charge < -0.3 is 10.6 Å². The predicted molar refractivity (Wildman–Crippen MR) is 52.6 cm³/mol. The van der Waals surface area contributed by atoms with Crippen molar-refractivity contribution in [1.29, 1.82) is 0 Å². The van der Waals surface area contributed by atoms with Gasteiger partial charge in [-0.15, -0.1) is 0 Å². The number of pyridine rings is 1. The van der Waals surface area contributed by atoms with Crippen molar-refractivity contribution < 1.29 is 4.79 Å². The highest BCUT2D eigenvalue weighted by atomic mass is 16.1. The Hall–Kier alpha value is -1.42. The molecule has 1 aromatic heterocycles. The average molecular weight is 191 g/mol. The lowest BCUT2D eigenvalue weighted by molar-refractivity contribution is -0.121. The highest BCUT2D eigenvalue weighted by Gasteiger charge is 2.17. The summed E-state index contributed by atoms with van der Waals surface area (Å²) in [7, 11) is 0. The molecule has 2 rings (SSSR count). The lowest BCUT2D eigenvalue weighted by Gasteiger charge is -2.14. The third kappa shape index (κ3) is 2.09. The van der Waals surface area contributed by atoms with Gasteiger partial charge in [-0.3, -0.25) is 9.78 Å². The molecule has 2 heterocycles. The number of hydrogen-bond donors (Lipinski definition) is 2. The molecule has 0 spiro atoms. The quantitative estimate of drug-likeness (QED) is 0.668. The number of carbonyl (C=O) groups is 1. The van der Waals surface area contributed by atoms with Gasteiger partial charge in [0.05, 0.1) is 11.7 Å². The molecule has 0 radical (unpaired) electrons. The molecule has 1 fully saturated rings. The molecule has 1 saturated heterocycles. The van der Waals surface area contributed by atoms with Crippen LogP contribution in [0.15, 0.2) is 24.4 Å². The first-order valence-electron chi connectivity index (χ1n) is 4.77. The Morgan fingerprint density at radius 2 is 2.36 bits per heavy atom. The van der Waals surface area contributed by atoms with Crippen LogP contribution in [0.1, 0.15) is 18.2 Å². The number of hydrogen-bond acceptors (Lipinski definition) is 3. The van der Waals surface area contributed by atoms with E-state index in [2.05, 4.69) is 15.6 Å². The Bertz CT molecular complexity index is 312. The van der Waals surface area contributed by atoms with Crippen molar-refractivity contribution >= 4 is 5.91 Å². The van der Waals surface area contributed by atoms with Gasteiger partial charge in [0.2, 0.25) is 5.91 Å². The van der Waals surface area contributed by atoms with Crippen molar-refractivity contribution in [2.24, 2.45) is 0 Å². The highest BCUT2D eigenvalue weighted by Crippen LogP contribution is 2.09. The Labute approximate surface area is 82.7 Å². The molecule has 74 valence electrons. The van der Waals surface area contributed by atoms with Crippen LogP contribution >= 0.6 is 0 Å². The van der Waals surface area contributed by atoms with Crippen molar-refractivity contribution in [3.8, 4) is 0 Å². The third-order valence-electron chi connectivity index (χ3n) is 2.26. The monoisotopic (exact) mass is 191 g/mol. The zero-order valence-electron chi connectivity index (χ0n) is 7.86. The van der Waals surface area contributed by atoms with Crippen LogP contribution in [-0.4, -0.2) is 24.0 Å². The van der Waals surface area contributed by atoms with Gasteiger partial charge in [-0.2, -0.15) is 0 Å². The van der Waals surface area contributed by atoms with Gasteiger partial charge in [-0.25, -0.2) is 0 Å². The van der Waals surface area contributed by atoms with Crippen LogP contribution in [0, 0.1) is 0 Å². The minimum Gasteiger partial charge on any atom is -0.346 e. The maximum absolute atomic E-state index is 11.3.